The minimum atomic E-state index is -3.64. The molecule has 0 atom stereocenters. The summed E-state index contributed by atoms with van der Waals surface area (Å²) in [4.78, 5) is 24.3. The average Bonchev–Trinajstić information content (AvgIpc) is 3.36. The van der Waals surface area contributed by atoms with Gasteiger partial charge in [0.2, 0.25) is 0 Å². The highest BCUT2D eigenvalue weighted by Crippen LogP contribution is 2.22. The molecule has 0 bridgehead atoms. The summed E-state index contributed by atoms with van der Waals surface area (Å²) in [5, 5.41) is 5.77. The largest absolute Gasteiger partial charge is 0.294 e. The highest BCUT2D eigenvalue weighted by Gasteiger charge is 2.25. The maximum atomic E-state index is 12.3. The van der Waals surface area contributed by atoms with Crippen molar-refractivity contribution in [3.63, 3.8) is 0 Å². The van der Waals surface area contributed by atoms with Gasteiger partial charge in [-0.1, -0.05) is 30.3 Å². The predicted octanol–water partition coefficient (Wildman–Crippen LogP) is 3.27. The molecule has 0 saturated heterocycles. The van der Waals surface area contributed by atoms with Crippen LogP contribution in [-0.4, -0.2) is 25.8 Å². The quantitative estimate of drug-likeness (QED) is 0.612. The topological polar surface area (TPSA) is 105 Å². The number of Topliss-reactive ketones (excluding diaryl/α,β-unsaturated/α-hetero) is 1. The van der Waals surface area contributed by atoms with Gasteiger partial charge in [0.05, 0.1) is 12.1 Å². The van der Waals surface area contributed by atoms with Gasteiger partial charge in [-0.25, -0.2) is 13.8 Å². The van der Waals surface area contributed by atoms with E-state index in [1.807, 2.05) is 6.07 Å². The highest BCUT2D eigenvalue weighted by atomic mass is 32.2. The lowest BCUT2D eigenvalue weighted by molar-refractivity contribution is 0.0952. The molecule has 0 unspecified atom stereocenters. The van der Waals surface area contributed by atoms with Crippen LogP contribution in [0.25, 0.3) is 0 Å². The fourth-order valence-electron chi connectivity index (χ4n) is 2.91. The van der Waals surface area contributed by atoms with Gasteiger partial charge in [-0.2, -0.15) is 5.10 Å². The van der Waals surface area contributed by atoms with Crippen LogP contribution in [0.1, 0.15) is 32.7 Å². The number of carbonyl (C=O) groups is 2. The number of nitrogens with zero attached hydrogens (tertiary/aromatic N) is 1. The SMILES string of the molecule is O=C(N/N=C1\CC(=O)c2ccccc21)c1ccc(NS(=O)(=O)c2cccs2)cc1. The molecule has 1 heterocycles. The minimum absolute atomic E-state index is 0.0315. The number of anilines is 1. The first-order valence-electron chi connectivity index (χ1n) is 8.60. The summed E-state index contributed by atoms with van der Waals surface area (Å²) in [6.45, 7) is 0. The number of rotatable bonds is 5. The summed E-state index contributed by atoms with van der Waals surface area (Å²) in [5.74, 6) is -0.488. The van der Waals surface area contributed by atoms with E-state index in [1.54, 1.807) is 29.6 Å². The van der Waals surface area contributed by atoms with E-state index >= 15 is 0 Å². The molecule has 0 saturated carbocycles. The Bertz CT molecular complexity index is 1210. The summed E-state index contributed by atoms with van der Waals surface area (Å²) < 4.78 is 27.1. The van der Waals surface area contributed by atoms with Crippen molar-refractivity contribution in [1.29, 1.82) is 0 Å². The molecule has 9 heteroatoms. The molecule has 29 heavy (non-hydrogen) atoms. The summed E-state index contributed by atoms with van der Waals surface area (Å²) >= 11 is 1.12. The Labute approximate surface area is 171 Å². The minimum Gasteiger partial charge on any atom is -0.294 e. The molecule has 1 amide bonds. The molecule has 0 radical (unpaired) electrons. The number of benzene rings is 2. The second-order valence-electron chi connectivity index (χ2n) is 6.26. The van der Waals surface area contributed by atoms with Crippen molar-refractivity contribution < 1.29 is 18.0 Å². The molecular formula is C20H15N3O4S2. The number of amides is 1. The first-order valence-corrected chi connectivity index (χ1v) is 11.0. The van der Waals surface area contributed by atoms with Gasteiger partial charge in [-0.05, 0) is 35.7 Å². The zero-order valence-corrected chi connectivity index (χ0v) is 16.6. The normalized spacial score (nSPS) is 14.6. The van der Waals surface area contributed by atoms with E-state index in [9.17, 15) is 18.0 Å². The molecule has 0 spiro atoms. The van der Waals surface area contributed by atoms with Crippen LogP contribution in [-0.2, 0) is 10.0 Å². The van der Waals surface area contributed by atoms with E-state index < -0.39 is 15.9 Å². The Kier molecular flexibility index (Phi) is 4.99. The fraction of sp³-hybridized carbons (Fsp3) is 0.0500. The molecule has 4 rings (SSSR count). The molecule has 1 aliphatic carbocycles. The highest BCUT2D eigenvalue weighted by molar-refractivity contribution is 7.94. The molecule has 0 aliphatic heterocycles. The molecule has 2 aromatic carbocycles. The van der Waals surface area contributed by atoms with Gasteiger partial charge < -0.3 is 0 Å². The van der Waals surface area contributed by atoms with E-state index in [1.165, 1.54) is 30.3 Å². The van der Waals surface area contributed by atoms with Crippen LogP contribution < -0.4 is 10.1 Å². The third-order valence-corrected chi connectivity index (χ3v) is 7.10. The second-order valence-corrected chi connectivity index (χ2v) is 9.12. The van der Waals surface area contributed by atoms with Gasteiger partial charge in [0, 0.05) is 22.4 Å². The summed E-state index contributed by atoms with van der Waals surface area (Å²) in [5.41, 5.74) is 4.94. The van der Waals surface area contributed by atoms with Gasteiger partial charge in [0.25, 0.3) is 15.9 Å². The number of fused-ring (bicyclic) bond motifs is 1. The first-order chi connectivity index (χ1) is 13.9. The van der Waals surface area contributed by atoms with Crippen molar-refractivity contribution in [2.45, 2.75) is 10.6 Å². The molecule has 7 nitrogen and oxygen atoms in total. The molecule has 1 aliphatic rings. The third-order valence-electron chi connectivity index (χ3n) is 4.32. The lowest BCUT2D eigenvalue weighted by atomic mass is 10.1. The van der Waals surface area contributed by atoms with Crippen molar-refractivity contribution in [3.05, 3.63) is 82.7 Å². The number of ketones is 1. The Morgan fingerprint density at radius 2 is 1.69 bits per heavy atom. The van der Waals surface area contributed by atoms with Crippen molar-refractivity contribution in [1.82, 2.24) is 5.43 Å². The standard InChI is InChI=1S/C20H15N3O4S2/c24-18-12-17(15-4-1-2-5-16(15)18)21-22-20(25)13-7-9-14(10-8-13)23-29(26,27)19-6-3-11-28-19/h1-11,23H,12H2,(H,22,25)/b21-17+. The van der Waals surface area contributed by atoms with Crippen molar-refractivity contribution in [2.75, 3.05) is 4.72 Å². The third kappa shape index (κ3) is 3.96. The maximum Gasteiger partial charge on any atom is 0.271 e. The van der Waals surface area contributed by atoms with E-state index in [0.29, 0.717) is 22.5 Å². The zero-order chi connectivity index (χ0) is 20.4. The number of hydrogen-bond acceptors (Lipinski definition) is 6. The number of carbonyl (C=O) groups excluding carboxylic acids is 2. The Morgan fingerprint density at radius 3 is 2.38 bits per heavy atom. The van der Waals surface area contributed by atoms with Crippen LogP contribution in [0.5, 0.6) is 0 Å². The Morgan fingerprint density at radius 1 is 0.966 bits per heavy atom. The summed E-state index contributed by atoms with van der Waals surface area (Å²) in [6.07, 6.45) is 0.142. The fourth-order valence-corrected chi connectivity index (χ4v) is 4.97. The molecular weight excluding hydrogens is 410 g/mol. The average molecular weight is 425 g/mol. The van der Waals surface area contributed by atoms with Gasteiger partial charge in [-0.3, -0.25) is 14.3 Å². The van der Waals surface area contributed by atoms with Gasteiger partial charge in [0.1, 0.15) is 4.21 Å². The summed E-state index contributed by atoms with van der Waals surface area (Å²) in [7, 11) is -3.64. The molecule has 146 valence electrons. The predicted molar refractivity (Wildman–Crippen MR) is 111 cm³/mol. The second kappa shape index (κ2) is 7.61. The van der Waals surface area contributed by atoms with Crippen LogP contribution in [0, 0.1) is 0 Å². The van der Waals surface area contributed by atoms with E-state index in [0.717, 1.165) is 16.9 Å². The van der Waals surface area contributed by atoms with Gasteiger partial charge >= 0.3 is 0 Å². The van der Waals surface area contributed by atoms with Crippen molar-refractivity contribution >= 4 is 44.4 Å². The number of thiophene rings is 1. The van der Waals surface area contributed by atoms with Gasteiger partial charge in [0.15, 0.2) is 5.78 Å². The molecule has 2 N–H and O–H groups in total. The number of nitrogens with one attached hydrogen (secondary N) is 2. The number of hydrazone groups is 1. The first kappa shape index (κ1) is 19.0. The van der Waals surface area contributed by atoms with Crippen LogP contribution >= 0.6 is 11.3 Å². The van der Waals surface area contributed by atoms with E-state index in [4.69, 9.17) is 0 Å². The summed E-state index contributed by atoms with van der Waals surface area (Å²) in [6, 6.07) is 16.3. The number of sulfonamides is 1. The smallest absolute Gasteiger partial charge is 0.271 e. The van der Waals surface area contributed by atoms with E-state index in [-0.39, 0.29) is 16.4 Å². The van der Waals surface area contributed by atoms with Crippen LogP contribution in [0.4, 0.5) is 5.69 Å². The van der Waals surface area contributed by atoms with Crippen molar-refractivity contribution in [2.24, 2.45) is 5.10 Å². The maximum absolute atomic E-state index is 12.3. The van der Waals surface area contributed by atoms with Crippen LogP contribution in [0.3, 0.4) is 0 Å². The lowest BCUT2D eigenvalue weighted by Crippen LogP contribution is -2.19. The van der Waals surface area contributed by atoms with Crippen LogP contribution in [0.2, 0.25) is 0 Å². The molecule has 3 aromatic rings. The Balaban J connectivity index is 1.45. The number of hydrogen-bond donors (Lipinski definition) is 2. The van der Waals surface area contributed by atoms with Gasteiger partial charge in [-0.15, -0.1) is 11.3 Å². The Hall–Kier alpha value is -3.30. The van der Waals surface area contributed by atoms with Crippen molar-refractivity contribution in [3.8, 4) is 0 Å². The monoisotopic (exact) mass is 425 g/mol. The van der Waals surface area contributed by atoms with Crippen LogP contribution in [0.15, 0.2) is 75.4 Å². The zero-order valence-electron chi connectivity index (χ0n) is 15.0. The lowest BCUT2D eigenvalue weighted by Gasteiger charge is -2.07. The molecule has 1 aromatic heterocycles. The molecule has 0 fully saturated rings. The van der Waals surface area contributed by atoms with E-state index in [2.05, 4.69) is 15.2 Å².